The molecule has 0 fully saturated rings. The first-order chi connectivity index (χ1) is 11.1. The minimum Gasteiger partial charge on any atom is -0.383 e. The van der Waals surface area contributed by atoms with Gasteiger partial charge in [0, 0.05) is 0 Å². The van der Waals surface area contributed by atoms with Gasteiger partial charge in [0.1, 0.15) is 23.4 Å². The first-order valence-corrected chi connectivity index (χ1v) is 12.0. The van der Waals surface area contributed by atoms with E-state index in [9.17, 15) is 12.6 Å². The Labute approximate surface area is 151 Å². The fraction of sp³-hybridized carbons (Fsp3) is 0.154. The first kappa shape index (κ1) is 19.0. The zero-order valence-corrected chi connectivity index (χ0v) is 16.5. The van der Waals surface area contributed by atoms with Crippen molar-refractivity contribution in [3.8, 4) is 0 Å². The van der Waals surface area contributed by atoms with E-state index in [0.29, 0.717) is 14.0 Å². The van der Waals surface area contributed by atoms with Gasteiger partial charge in [0.05, 0.1) is 25.1 Å². The monoisotopic (exact) mass is 401 g/mol. The average molecular weight is 401 g/mol. The lowest BCUT2D eigenvalue weighted by Gasteiger charge is -2.11. The van der Waals surface area contributed by atoms with Crippen LogP contribution in [-0.4, -0.2) is 38.8 Å². The molecule has 2 rings (SSSR count). The zero-order valence-electron chi connectivity index (χ0n) is 13.3. The van der Waals surface area contributed by atoms with Gasteiger partial charge in [-0.15, -0.1) is 26.9 Å². The molecule has 1 aromatic carbocycles. The van der Waals surface area contributed by atoms with Crippen molar-refractivity contribution in [2.75, 3.05) is 12.5 Å². The van der Waals surface area contributed by atoms with E-state index < -0.39 is 19.8 Å². The molecule has 0 aliphatic carbocycles. The number of hydrogen-bond donors (Lipinski definition) is 2. The SMILES string of the molecule is Bc1cccc(S(=O)(=NS(C)(=O)=O)c2cc(C(=N)N)sc2SC)c1. The third-order valence-electron chi connectivity index (χ3n) is 2.96. The van der Waals surface area contributed by atoms with E-state index in [-0.39, 0.29) is 10.7 Å². The Kier molecular flexibility index (Phi) is 5.48. The van der Waals surface area contributed by atoms with Crippen molar-refractivity contribution in [3.05, 3.63) is 35.2 Å². The van der Waals surface area contributed by atoms with Crippen LogP contribution >= 0.6 is 23.1 Å². The lowest BCUT2D eigenvalue weighted by Crippen LogP contribution is -2.11. The molecular formula is C13H16BN3O3S4. The number of nitrogens with zero attached hydrogens (tertiary/aromatic N) is 1. The van der Waals surface area contributed by atoms with Crippen LogP contribution in [-0.2, 0) is 19.8 Å². The molecule has 0 spiro atoms. The minimum absolute atomic E-state index is 0.160. The fourth-order valence-electron chi connectivity index (χ4n) is 2.01. The van der Waals surface area contributed by atoms with Crippen LogP contribution in [0.5, 0.6) is 0 Å². The lowest BCUT2D eigenvalue weighted by atomic mass is 9.97. The van der Waals surface area contributed by atoms with Crippen LogP contribution in [0.2, 0.25) is 0 Å². The molecule has 0 aliphatic rings. The van der Waals surface area contributed by atoms with Crippen LogP contribution in [0.4, 0.5) is 0 Å². The van der Waals surface area contributed by atoms with E-state index in [0.717, 1.165) is 11.7 Å². The third-order valence-corrected chi connectivity index (χ3v) is 9.26. The van der Waals surface area contributed by atoms with Crippen molar-refractivity contribution in [1.82, 2.24) is 0 Å². The van der Waals surface area contributed by atoms with Crippen LogP contribution in [0.15, 0.2) is 48.1 Å². The van der Waals surface area contributed by atoms with E-state index in [2.05, 4.69) is 3.77 Å². The number of nitrogens with two attached hydrogens (primary N) is 1. The largest absolute Gasteiger partial charge is 0.383 e. The van der Waals surface area contributed by atoms with Gasteiger partial charge in [-0.3, -0.25) is 5.41 Å². The van der Waals surface area contributed by atoms with Crippen molar-refractivity contribution in [2.24, 2.45) is 9.50 Å². The topological polar surface area (TPSA) is 113 Å². The Morgan fingerprint density at radius 1 is 1.33 bits per heavy atom. The van der Waals surface area contributed by atoms with Crippen LogP contribution in [0, 0.1) is 5.41 Å². The molecule has 128 valence electrons. The smallest absolute Gasteiger partial charge is 0.258 e. The average Bonchev–Trinajstić information content (AvgIpc) is 2.90. The van der Waals surface area contributed by atoms with Gasteiger partial charge in [0.15, 0.2) is 0 Å². The van der Waals surface area contributed by atoms with Crippen molar-refractivity contribution in [2.45, 2.75) is 14.0 Å². The maximum atomic E-state index is 13.7. The Hall–Kier alpha value is -1.30. The second-order valence-electron chi connectivity index (χ2n) is 5.03. The normalized spacial score (nSPS) is 14.1. The molecule has 1 atom stereocenters. The lowest BCUT2D eigenvalue weighted by molar-refractivity contribution is 0.603. The standard InChI is InChI=1S/C13H16BN3O3S4/c1-21-13-11(7-10(22-13)12(15)16)24(20,17-23(2,18)19)9-5-3-4-8(14)6-9/h3-7H,14H2,1-2H3,(H3,15,16). The number of thioether (sulfide) groups is 1. The number of sulfonamides is 1. The highest BCUT2D eigenvalue weighted by Crippen LogP contribution is 2.38. The summed E-state index contributed by atoms with van der Waals surface area (Å²) in [6, 6.07) is 8.29. The van der Waals surface area contributed by atoms with Crippen molar-refractivity contribution < 1.29 is 12.6 Å². The van der Waals surface area contributed by atoms with Gasteiger partial charge in [0.25, 0.3) is 10.0 Å². The highest BCUT2D eigenvalue weighted by molar-refractivity contribution is 8.04. The second-order valence-corrected chi connectivity index (χ2v) is 11.2. The van der Waals surface area contributed by atoms with E-state index in [4.69, 9.17) is 11.1 Å². The Morgan fingerprint density at radius 2 is 2.00 bits per heavy atom. The van der Waals surface area contributed by atoms with Gasteiger partial charge < -0.3 is 5.73 Å². The van der Waals surface area contributed by atoms with Crippen molar-refractivity contribution >= 4 is 62.0 Å². The van der Waals surface area contributed by atoms with Gasteiger partial charge in [-0.2, -0.15) is 0 Å². The van der Waals surface area contributed by atoms with Crippen LogP contribution < -0.4 is 11.2 Å². The molecule has 0 radical (unpaired) electrons. The van der Waals surface area contributed by atoms with Crippen molar-refractivity contribution in [1.29, 1.82) is 5.41 Å². The predicted molar refractivity (Wildman–Crippen MR) is 104 cm³/mol. The molecule has 1 heterocycles. The van der Waals surface area contributed by atoms with Gasteiger partial charge >= 0.3 is 0 Å². The molecule has 6 nitrogen and oxygen atoms in total. The summed E-state index contributed by atoms with van der Waals surface area (Å²) in [5, 5.41) is 7.58. The highest BCUT2D eigenvalue weighted by Gasteiger charge is 2.25. The van der Waals surface area contributed by atoms with Gasteiger partial charge in [-0.1, -0.05) is 23.7 Å². The third kappa shape index (κ3) is 4.02. The zero-order chi connectivity index (χ0) is 18.1. The number of amidine groups is 1. The summed E-state index contributed by atoms with van der Waals surface area (Å²) in [5.41, 5.74) is 6.37. The second kappa shape index (κ2) is 6.91. The van der Waals surface area contributed by atoms with E-state index in [1.54, 1.807) is 24.5 Å². The Morgan fingerprint density at radius 3 is 2.50 bits per heavy atom. The summed E-state index contributed by atoms with van der Waals surface area (Å²) in [6.07, 6.45) is 2.70. The molecule has 24 heavy (non-hydrogen) atoms. The van der Waals surface area contributed by atoms with Crippen LogP contribution in [0.3, 0.4) is 0 Å². The van der Waals surface area contributed by atoms with Crippen LogP contribution in [0.25, 0.3) is 0 Å². The minimum atomic E-state index is -3.87. The van der Waals surface area contributed by atoms with Crippen LogP contribution in [0.1, 0.15) is 4.88 Å². The van der Waals surface area contributed by atoms with Gasteiger partial charge in [-0.25, -0.2) is 12.6 Å². The number of hydrogen-bond acceptors (Lipinski definition) is 6. The van der Waals surface area contributed by atoms with Gasteiger partial charge in [-0.05, 0) is 18.4 Å². The summed E-state index contributed by atoms with van der Waals surface area (Å²) in [4.78, 5) is 1.02. The number of nitrogens with one attached hydrogen (secondary N) is 1. The van der Waals surface area contributed by atoms with E-state index in [1.807, 2.05) is 13.9 Å². The molecular weight excluding hydrogens is 385 g/mol. The summed E-state index contributed by atoms with van der Waals surface area (Å²) >= 11 is 2.52. The molecule has 3 N–H and O–H groups in total. The molecule has 0 aliphatic heterocycles. The summed E-state index contributed by atoms with van der Waals surface area (Å²) in [5.74, 6) is -0.160. The van der Waals surface area contributed by atoms with E-state index in [1.165, 1.54) is 29.2 Å². The summed E-state index contributed by atoms with van der Waals surface area (Å²) in [6.45, 7) is 0. The van der Waals surface area contributed by atoms with Gasteiger partial charge in [0.2, 0.25) is 0 Å². The number of rotatable bonds is 5. The molecule has 1 unspecified atom stereocenters. The quantitative estimate of drug-likeness (QED) is 0.334. The Balaban J connectivity index is 2.91. The number of nitrogen functional groups attached to an aromatic ring is 1. The molecule has 2 aromatic rings. The number of thiophene rings is 1. The molecule has 0 amide bonds. The summed E-state index contributed by atoms with van der Waals surface area (Å²) in [7, 11) is -5.45. The molecule has 1 aromatic heterocycles. The maximum absolute atomic E-state index is 13.7. The van der Waals surface area contributed by atoms with Crippen molar-refractivity contribution in [3.63, 3.8) is 0 Å². The van der Waals surface area contributed by atoms with E-state index >= 15 is 0 Å². The Bertz CT molecular complexity index is 1020. The molecule has 0 bridgehead atoms. The molecule has 11 heteroatoms. The predicted octanol–water partition coefficient (Wildman–Crippen LogP) is 0.858. The maximum Gasteiger partial charge on any atom is 0.258 e. The number of benzene rings is 1. The molecule has 0 saturated carbocycles. The first-order valence-electron chi connectivity index (χ1n) is 6.64. The molecule has 0 saturated heterocycles. The summed E-state index contributed by atoms with van der Waals surface area (Å²) < 4.78 is 41.6. The highest BCUT2D eigenvalue weighted by atomic mass is 32.3. The fourth-order valence-corrected chi connectivity index (χ4v) is 8.21.